The Morgan fingerprint density at radius 3 is 2.47 bits per heavy atom. The van der Waals surface area contributed by atoms with Gasteiger partial charge in [0.25, 0.3) is 0 Å². The van der Waals surface area contributed by atoms with Gasteiger partial charge in [-0.2, -0.15) is 0 Å². The summed E-state index contributed by atoms with van der Waals surface area (Å²) in [7, 11) is 2.08. The van der Waals surface area contributed by atoms with Crippen LogP contribution in [-0.2, 0) is 11.3 Å². The van der Waals surface area contributed by atoms with E-state index in [9.17, 15) is 0 Å². The lowest BCUT2D eigenvalue weighted by atomic mass is 10.2. The Bertz CT molecular complexity index is 258. The molecule has 0 N–H and O–H groups in total. The Balaban J connectivity index is 2.21. The van der Waals surface area contributed by atoms with Crippen LogP contribution in [0, 0.1) is 5.92 Å². The molecule has 0 saturated carbocycles. The van der Waals surface area contributed by atoms with E-state index in [-0.39, 0.29) is 0 Å². The molecule has 0 bridgehead atoms. The zero-order chi connectivity index (χ0) is 11.1. The van der Waals surface area contributed by atoms with Gasteiger partial charge in [-0.3, -0.25) is 4.90 Å². The summed E-state index contributed by atoms with van der Waals surface area (Å²) >= 11 is 0. The molecule has 2 nitrogen and oxygen atoms in total. The van der Waals surface area contributed by atoms with Gasteiger partial charge in [-0.05, 0) is 18.5 Å². The van der Waals surface area contributed by atoms with E-state index >= 15 is 0 Å². The van der Waals surface area contributed by atoms with Gasteiger partial charge in [0.2, 0.25) is 0 Å². The lowest BCUT2D eigenvalue weighted by molar-refractivity contribution is 0.0252. The van der Waals surface area contributed by atoms with Gasteiger partial charge in [0, 0.05) is 6.54 Å². The lowest BCUT2D eigenvalue weighted by Gasteiger charge is -2.17. The van der Waals surface area contributed by atoms with Crippen LogP contribution in [0.1, 0.15) is 19.4 Å². The first-order valence-electron chi connectivity index (χ1n) is 5.48. The molecular formula is C13H21NO. The second kappa shape index (κ2) is 6.59. The van der Waals surface area contributed by atoms with Crippen LogP contribution >= 0.6 is 0 Å². The fourth-order valence-corrected chi connectivity index (χ4v) is 1.38. The summed E-state index contributed by atoms with van der Waals surface area (Å²) in [6, 6.07) is 10.5. The average Bonchev–Trinajstić information content (AvgIpc) is 2.18. The molecule has 1 aromatic rings. The maximum atomic E-state index is 5.55. The van der Waals surface area contributed by atoms with E-state index in [0.29, 0.717) is 12.6 Å². The van der Waals surface area contributed by atoms with Gasteiger partial charge in [0.15, 0.2) is 0 Å². The van der Waals surface area contributed by atoms with Gasteiger partial charge < -0.3 is 4.74 Å². The van der Waals surface area contributed by atoms with E-state index in [1.165, 1.54) is 5.56 Å². The number of benzene rings is 1. The van der Waals surface area contributed by atoms with Gasteiger partial charge in [-0.25, -0.2) is 0 Å². The van der Waals surface area contributed by atoms with Gasteiger partial charge in [0.1, 0.15) is 0 Å². The van der Waals surface area contributed by atoms with Crippen LogP contribution in [0.2, 0.25) is 0 Å². The van der Waals surface area contributed by atoms with Gasteiger partial charge in [-0.1, -0.05) is 44.2 Å². The van der Waals surface area contributed by atoms with Crippen LogP contribution in [0.15, 0.2) is 30.3 Å². The van der Waals surface area contributed by atoms with Crippen LogP contribution in [0.3, 0.4) is 0 Å². The molecule has 0 aliphatic carbocycles. The minimum atomic E-state index is 0.607. The minimum Gasteiger partial charge on any atom is -0.366 e. The summed E-state index contributed by atoms with van der Waals surface area (Å²) in [5.74, 6) is 0.607. The molecule has 2 heteroatoms. The van der Waals surface area contributed by atoms with Crippen molar-refractivity contribution in [3.63, 3.8) is 0 Å². The van der Waals surface area contributed by atoms with E-state index in [0.717, 1.165) is 13.2 Å². The number of hydrogen-bond acceptors (Lipinski definition) is 2. The zero-order valence-electron chi connectivity index (χ0n) is 9.94. The topological polar surface area (TPSA) is 12.5 Å². The van der Waals surface area contributed by atoms with E-state index in [1.54, 1.807) is 0 Å². The number of rotatable bonds is 6. The van der Waals surface area contributed by atoms with Gasteiger partial charge >= 0.3 is 0 Å². The highest BCUT2D eigenvalue weighted by Crippen LogP contribution is 2.02. The Kier molecular flexibility index (Phi) is 5.37. The number of nitrogens with zero attached hydrogens (tertiary/aromatic N) is 1. The van der Waals surface area contributed by atoms with Crippen molar-refractivity contribution in [2.75, 3.05) is 20.4 Å². The molecule has 0 heterocycles. The third kappa shape index (κ3) is 5.55. The van der Waals surface area contributed by atoms with Crippen molar-refractivity contribution in [3.8, 4) is 0 Å². The van der Waals surface area contributed by atoms with E-state index in [1.807, 2.05) is 6.07 Å². The first kappa shape index (κ1) is 12.2. The minimum absolute atomic E-state index is 0.607. The normalized spacial score (nSPS) is 11.3. The van der Waals surface area contributed by atoms with Crippen molar-refractivity contribution in [2.45, 2.75) is 20.4 Å². The van der Waals surface area contributed by atoms with Crippen LogP contribution in [0.5, 0.6) is 0 Å². The number of ether oxygens (including phenoxy) is 1. The highest BCUT2D eigenvalue weighted by Gasteiger charge is 2.00. The maximum Gasteiger partial charge on any atom is 0.0990 e. The quantitative estimate of drug-likeness (QED) is 0.665. The second-order valence-corrected chi connectivity index (χ2v) is 4.39. The summed E-state index contributed by atoms with van der Waals surface area (Å²) in [6.07, 6.45) is 0. The number of hydrogen-bond donors (Lipinski definition) is 0. The van der Waals surface area contributed by atoms with Crippen molar-refractivity contribution in [1.82, 2.24) is 4.90 Å². The monoisotopic (exact) mass is 207 g/mol. The molecule has 0 spiro atoms. The maximum absolute atomic E-state index is 5.55. The fourth-order valence-electron chi connectivity index (χ4n) is 1.38. The van der Waals surface area contributed by atoms with E-state index < -0.39 is 0 Å². The van der Waals surface area contributed by atoms with Gasteiger partial charge in [0.05, 0.1) is 13.3 Å². The largest absolute Gasteiger partial charge is 0.366 e. The average molecular weight is 207 g/mol. The summed E-state index contributed by atoms with van der Waals surface area (Å²) in [6.45, 7) is 6.81. The molecule has 0 aliphatic heterocycles. The predicted octanol–water partition coefficient (Wildman–Crippen LogP) is 2.75. The molecule has 0 atom stereocenters. The molecule has 15 heavy (non-hydrogen) atoms. The molecule has 1 aromatic carbocycles. The first-order chi connectivity index (χ1) is 7.18. The Morgan fingerprint density at radius 2 is 1.87 bits per heavy atom. The molecular weight excluding hydrogens is 186 g/mol. The third-order valence-corrected chi connectivity index (χ3v) is 2.06. The fraction of sp³-hybridized carbons (Fsp3) is 0.538. The Labute approximate surface area is 92.9 Å². The predicted molar refractivity (Wildman–Crippen MR) is 63.6 cm³/mol. The van der Waals surface area contributed by atoms with Crippen LogP contribution in [0.4, 0.5) is 0 Å². The molecule has 1 rings (SSSR count). The van der Waals surface area contributed by atoms with E-state index in [2.05, 4.69) is 50.1 Å². The van der Waals surface area contributed by atoms with Crippen molar-refractivity contribution in [1.29, 1.82) is 0 Å². The molecule has 0 unspecified atom stereocenters. The molecule has 0 radical (unpaired) electrons. The molecule has 0 aromatic heterocycles. The standard InChI is InChI=1S/C13H21NO/c1-12(2)10-15-11-14(3)9-13-7-5-4-6-8-13/h4-8,12H,9-11H2,1-3H3. The smallest absolute Gasteiger partial charge is 0.0990 e. The van der Waals surface area contributed by atoms with Gasteiger partial charge in [-0.15, -0.1) is 0 Å². The van der Waals surface area contributed by atoms with Crippen LogP contribution in [0.25, 0.3) is 0 Å². The molecule has 0 aliphatic rings. The van der Waals surface area contributed by atoms with Crippen LogP contribution in [-0.4, -0.2) is 25.3 Å². The lowest BCUT2D eigenvalue weighted by Crippen LogP contribution is -2.22. The van der Waals surface area contributed by atoms with E-state index in [4.69, 9.17) is 4.74 Å². The van der Waals surface area contributed by atoms with Crippen molar-refractivity contribution < 1.29 is 4.74 Å². The van der Waals surface area contributed by atoms with Crippen molar-refractivity contribution >= 4 is 0 Å². The van der Waals surface area contributed by atoms with Crippen molar-refractivity contribution in [2.24, 2.45) is 5.92 Å². The summed E-state index contributed by atoms with van der Waals surface area (Å²) in [5, 5.41) is 0. The third-order valence-electron chi connectivity index (χ3n) is 2.06. The molecule has 84 valence electrons. The highest BCUT2D eigenvalue weighted by atomic mass is 16.5. The summed E-state index contributed by atoms with van der Waals surface area (Å²) in [5.41, 5.74) is 1.33. The molecule has 0 saturated heterocycles. The Morgan fingerprint density at radius 1 is 1.20 bits per heavy atom. The summed E-state index contributed by atoms with van der Waals surface area (Å²) in [4.78, 5) is 2.18. The molecule has 0 amide bonds. The van der Waals surface area contributed by atoms with Crippen molar-refractivity contribution in [3.05, 3.63) is 35.9 Å². The van der Waals surface area contributed by atoms with Crippen LogP contribution < -0.4 is 0 Å². The second-order valence-electron chi connectivity index (χ2n) is 4.39. The summed E-state index contributed by atoms with van der Waals surface area (Å²) < 4.78 is 5.55. The Hall–Kier alpha value is -0.860. The first-order valence-corrected chi connectivity index (χ1v) is 5.48. The SMILES string of the molecule is CC(C)COCN(C)Cc1ccccc1. The zero-order valence-corrected chi connectivity index (χ0v) is 9.94. The highest BCUT2D eigenvalue weighted by molar-refractivity contribution is 5.14. The molecule has 0 fully saturated rings.